The van der Waals surface area contributed by atoms with Crippen molar-refractivity contribution in [1.82, 2.24) is 9.78 Å². The Balaban J connectivity index is 1.78. The van der Waals surface area contributed by atoms with Crippen molar-refractivity contribution in [2.45, 2.75) is 6.92 Å². The molecule has 0 bridgehead atoms. The van der Waals surface area contributed by atoms with Crippen LogP contribution in [-0.4, -0.2) is 20.9 Å². The standard InChI is InChI=1S/C29H19N3O3/c1-18-8-2-7-13-26(18)32-28(33)25(17-30)24(27(31-32)29(34)35)15-14-23-21-11-5-3-9-19(21)16-20-10-4-6-12-22(20)23/h2-16H,1H3,(H,34,35)/b15-14-. The Morgan fingerprint density at radius 1 is 0.914 bits per heavy atom. The molecule has 0 saturated carbocycles. The van der Waals surface area contributed by atoms with E-state index in [1.165, 1.54) is 6.08 Å². The highest BCUT2D eigenvalue weighted by Gasteiger charge is 2.21. The van der Waals surface area contributed by atoms with Crippen molar-refractivity contribution in [3.8, 4) is 11.8 Å². The minimum Gasteiger partial charge on any atom is -0.476 e. The predicted octanol–water partition coefficient (Wildman–Crippen LogP) is 5.59. The Morgan fingerprint density at radius 2 is 1.49 bits per heavy atom. The molecule has 1 heterocycles. The number of carboxylic acids is 1. The largest absolute Gasteiger partial charge is 0.476 e. The Hall–Kier alpha value is -5.02. The molecule has 0 fully saturated rings. The van der Waals surface area contributed by atoms with Gasteiger partial charge < -0.3 is 5.11 Å². The van der Waals surface area contributed by atoms with Gasteiger partial charge in [0, 0.05) is 5.56 Å². The van der Waals surface area contributed by atoms with Crippen LogP contribution in [0.3, 0.4) is 0 Å². The first-order valence-electron chi connectivity index (χ1n) is 10.9. The smallest absolute Gasteiger partial charge is 0.357 e. The molecule has 4 aromatic carbocycles. The van der Waals surface area contributed by atoms with Crippen LogP contribution < -0.4 is 5.56 Å². The lowest BCUT2D eigenvalue weighted by Gasteiger charge is -2.12. The molecule has 5 aromatic rings. The summed E-state index contributed by atoms with van der Waals surface area (Å²) in [6.07, 6.45) is 3.26. The van der Waals surface area contributed by atoms with Crippen LogP contribution in [0.15, 0.2) is 83.7 Å². The SMILES string of the molecule is Cc1ccccc1-n1nc(C(=O)O)c(/C=C\c2c3ccccc3cc3ccccc23)c(C#N)c1=O. The first-order chi connectivity index (χ1) is 17.0. The fraction of sp³-hybridized carbons (Fsp3) is 0.0345. The lowest BCUT2D eigenvalue weighted by atomic mass is 9.95. The van der Waals surface area contributed by atoms with E-state index in [1.54, 1.807) is 37.3 Å². The van der Waals surface area contributed by atoms with Gasteiger partial charge in [0.05, 0.1) is 5.69 Å². The lowest BCUT2D eigenvalue weighted by molar-refractivity contribution is 0.0688. The molecule has 5 rings (SSSR count). The monoisotopic (exact) mass is 457 g/mol. The van der Waals surface area contributed by atoms with Gasteiger partial charge in [-0.1, -0.05) is 78.9 Å². The van der Waals surface area contributed by atoms with Crippen LogP contribution >= 0.6 is 0 Å². The average molecular weight is 457 g/mol. The third-order valence-electron chi connectivity index (χ3n) is 6.02. The summed E-state index contributed by atoms with van der Waals surface area (Å²) >= 11 is 0. The van der Waals surface area contributed by atoms with Crippen LogP contribution in [0.2, 0.25) is 0 Å². The molecule has 0 spiro atoms. The van der Waals surface area contributed by atoms with Crippen molar-refractivity contribution < 1.29 is 9.90 Å². The Labute approximate surface area is 200 Å². The molecule has 0 aliphatic rings. The normalized spacial score (nSPS) is 11.2. The van der Waals surface area contributed by atoms with E-state index in [0.29, 0.717) is 5.69 Å². The number of para-hydroxylation sites is 1. The first kappa shape index (κ1) is 21.8. The minimum absolute atomic E-state index is 0.0214. The van der Waals surface area contributed by atoms with E-state index >= 15 is 0 Å². The number of aromatic carboxylic acids is 1. The topological polar surface area (TPSA) is 96.0 Å². The second-order valence-electron chi connectivity index (χ2n) is 8.12. The van der Waals surface area contributed by atoms with Crippen molar-refractivity contribution in [2.75, 3.05) is 0 Å². The molecule has 6 heteroatoms. The molecule has 168 valence electrons. The zero-order valence-electron chi connectivity index (χ0n) is 18.8. The van der Waals surface area contributed by atoms with Crippen LogP contribution in [0, 0.1) is 18.3 Å². The quantitative estimate of drug-likeness (QED) is 0.355. The van der Waals surface area contributed by atoms with Crippen LogP contribution in [0.4, 0.5) is 0 Å². The zero-order valence-corrected chi connectivity index (χ0v) is 18.8. The van der Waals surface area contributed by atoms with Crippen molar-refractivity contribution in [3.63, 3.8) is 0 Å². The van der Waals surface area contributed by atoms with E-state index in [4.69, 9.17) is 0 Å². The van der Waals surface area contributed by atoms with Gasteiger partial charge in [0.25, 0.3) is 5.56 Å². The molecule has 0 unspecified atom stereocenters. The van der Waals surface area contributed by atoms with E-state index in [0.717, 1.165) is 37.4 Å². The third kappa shape index (κ3) is 3.75. The first-order valence-corrected chi connectivity index (χ1v) is 10.9. The summed E-state index contributed by atoms with van der Waals surface area (Å²) in [7, 11) is 0. The van der Waals surface area contributed by atoms with Crippen molar-refractivity contribution >= 4 is 39.7 Å². The molecule has 1 aromatic heterocycles. The number of nitrogens with zero attached hydrogens (tertiary/aromatic N) is 3. The summed E-state index contributed by atoms with van der Waals surface area (Å²) in [5.41, 5.74) is 0.676. The summed E-state index contributed by atoms with van der Waals surface area (Å²) in [6.45, 7) is 1.79. The Bertz CT molecular complexity index is 1720. The number of benzene rings is 4. The second kappa shape index (κ2) is 8.73. The van der Waals surface area contributed by atoms with Crippen LogP contribution in [0.1, 0.15) is 32.7 Å². The number of carbonyl (C=O) groups is 1. The van der Waals surface area contributed by atoms with Gasteiger partial charge in [-0.2, -0.15) is 15.0 Å². The summed E-state index contributed by atoms with van der Waals surface area (Å²) in [4.78, 5) is 25.4. The van der Waals surface area contributed by atoms with Crippen LogP contribution in [0.5, 0.6) is 0 Å². The Morgan fingerprint density at radius 3 is 2.09 bits per heavy atom. The number of aromatic nitrogens is 2. The predicted molar refractivity (Wildman–Crippen MR) is 137 cm³/mol. The average Bonchev–Trinajstić information content (AvgIpc) is 2.87. The summed E-state index contributed by atoms with van der Waals surface area (Å²) < 4.78 is 0.988. The fourth-order valence-electron chi connectivity index (χ4n) is 4.33. The third-order valence-corrected chi connectivity index (χ3v) is 6.02. The molecule has 0 radical (unpaired) electrons. The molecule has 0 aliphatic heterocycles. The number of aryl methyl sites for hydroxylation is 1. The van der Waals surface area contributed by atoms with Crippen molar-refractivity contribution in [3.05, 3.63) is 117 Å². The van der Waals surface area contributed by atoms with Crippen LogP contribution in [-0.2, 0) is 0 Å². The van der Waals surface area contributed by atoms with E-state index < -0.39 is 11.5 Å². The molecule has 1 N–H and O–H groups in total. The Kier molecular flexibility index (Phi) is 5.44. The second-order valence-corrected chi connectivity index (χ2v) is 8.12. The van der Waals surface area contributed by atoms with Gasteiger partial charge in [-0.25, -0.2) is 4.79 Å². The van der Waals surface area contributed by atoms with Gasteiger partial charge in [0.15, 0.2) is 5.69 Å². The van der Waals surface area contributed by atoms with E-state index in [-0.39, 0.29) is 16.8 Å². The number of hydrogen-bond acceptors (Lipinski definition) is 4. The molecule has 6 nitrogen and oxygen atoms in total. The maximum absolute atomic E-state index is 13.2. The summed E-state index contributed by atoms with van der Waals surface area (Å²) in [5.74, 6) is -1.33. The highest BCUT2D eigenvalue weighted by atomic mass is 16.4. The molecule has 0 atom stereocenters. The fourth-order valence-corrected chi connectivity index (χ4v) is 4.33. The molecule has 0 amide bonds. The van der Waals surface area contributed by atoms with Gasteiger partial charge in [0.1, 0.15) is 11.6 Å². The van der Waals surface area contributed by atoms with Gasteiger partial charge in [-0.3, -0.25) is 4.79 Å². The van der Waals surface area contributed by atoms with Crippen molar-refractivity contribution in [1.29, 1.82) is 5.26 Å². The molecule has 0 aliphatic carbocycles. The number of rotatable bonds is 4. The molecule has 35 heavy (non-hydrogen) atoms. The highest BCUT2D eigenvalue weighted by Crippen LogP contribution is 2.30. The zero-order chi connectivity index (χ0) is 24.5. The maximum atomic E-state index is 13.2. The number of carboxylic acid groups (broad SMARTS) is 1. The molecular formula is C29H19N3O3. The highest BCUT2D eigenvalue weighted by molar-refractivity contribution is 6.08. The van der Waals surface area contributed by atoms with Gasteiger partial charge >= 0.3 is 5.97 Å². The van der Waals surface area contributed by atoms with E-state index in [1.807, 2.05) is 54.6 Å². The summed E-state index contributed by atoms with van der Waals surface area (Å²) in [6, 6.07) is 26.7. The van der Waals surface area contributed by atoms with Crippen molar-refractivity contribution in [2.24, 2.45) is 0 Å². The number of hydrogen-bond donors (Lipinski definition) is 1. The lowest BCUT2D eigenvalue weighted by Crippen LogP contribution is -2.28. The number of nitriles is 1. The molecular weight excluding hydrogens is 438 g/mol. The van der Waals surface area contributed by atoms with Crippen LogP contribution in [0.25, 0.3) is 39.4 Å². The minimum atomic E-state index is -1.33. The van der Waals surface area contributed by atoms with Gasteiger partial charge in [-0.15, -0.1) is 0 Å². The number of fused-ring (bicyclic) bond motifs is 2. The molecule has 0 saturated heterocycles. The van der Waals surface area contributed by atoms with Gasteiger partial charge in [-0.05, 0) is 51.7 Å². The maximum Gasteiger partial charge on any atom is 0.357 e. The summed E-state index contributed by atoms with van der Waals surface area (Å²) in [5, 5.41) is 28.0. The van der Waals surface area contributed by atoms with Gasteiger partial charge in [0.2, 0.25) is 0 Å². The van der Waals surface area contributed by atoms with E-state index in [9.17, 15) is 20.0 Å². The van der Waals surface area contributed by atoms with E-state index in [2.05, 4.69) is 11.2 Å².